The molecular weight excluding hydrogens is 309 g/mol. The van der Waals surface area contributed by atoms with Gasteiger partial charge in [0.2, 0.25) is 0 Å². The van der Waals surface area contributed by atoms with Crippen LogP contribution in [-0.4, -0.2) is 17.6 Å². The van der Waals surface area contributed by atoms with Gasteiger partial charge in [0.05, 0.1) is 0 Å². The molecule has 1 N–H and O–H groups in total. The molecule has 0 aliphatic carbocycles. The van der Waals surface area contributed by atoms with Crippen LogP contribution in [-0.2, 0) is 11.3 Å². The zero-order valence-corrected chi connectivity index (χ0v) is 13.0. The summed E-state index contributed by atoms with van der Waals surface area (Å²) in [7, 11) is 0. The molecule has 0 bridgehead atoms. The van der Waals surface area contributed by atoms with Gasteiger partial charge in [0.25, 0.3) is 0 Å². The van der Waals surface area contributed by atoms with E-state index in [2.05, 4.69) is 0 Å². The first-order valence-corrected chi connectivity index (χ1v) is 7.18. The van der Waals surface area contributed by atoms with E-state index in [4.69, 9.17) is 28.3 Å². The number of benzene rings is 2. The maximum atomic E-state index is 11.1. The van der Waals surface area contributed by atoms with Gasteiger partial charge < -0.3 is 10.0 Å². The summed E-state index contributed by atoms with van der Waals surface area (Å²) in [5.74, 6) is -0.887. The highest BCUT2D eigenvalue weighted by atomic mass is 35.5. The van der Waals surface area contributed by atoms with E-state index in [0.29, 0.717) is 16.6 Å². The summed E-state index contributed by atoms with van der Waals surface area (Å²) >= 11 is 11.9. The molecular formula is C16H15Cl2NO2. The highest BCUT2D eigenvalue weighted by Crippen LogP contribution is 2.23. The average Bonchev–Trinajstić information content (AvgIpc) is 2.40. The Hall–Kier alpha value is -1.71. The lowest BCUT2D eigenvalue weighted by Crippen LogP contribution is -2.29. The zero-order chi connectivity index (χ0) is 15.4. The predicted octanol–water partition coefficient (Wildman–Crippen LogP) is 4.39. The van der Waals surface area contributed by atoms with Gasteiger partial charge in [-0.15, -0.1) is 0 Å². The molecule has 0 aliphatic rings. The van der Waals surface area contributed by atoms with E-state index in [1.807, 2.05) is 25.1 Å². The van der Waals surface area contributed by atoms with Crippen LogP contribution in [0.25, 0.3) is 0 Å². The van der Waals surface area contributed by atoms with Gasteiger partial charge in [0.15, 0.2) is 0 Å². The van der Waals surface area contributed by atoms with Gasteiger partial charge in [-0.2, -0.15) is 0 Å². The van der Waals surface area contributed by atoms with E-state index in [1.165, 1.54) is 0 Å². The monoisotopic (exact) mass is 323 g/mol. The van der Waals surface area contributed by atoms with Crippen LogP contribution in [0.3, 0.4) is 0 Å². The Morgan fingerprint density at radius 1 is 1.14 bits per heavy atom. The number of hydrogen-bond donors (Lipinski definition) is 1. The van der Waals surface area contributed by atoms with E-state index in [-0.39, 0.29) is 6.54 Å². The fraction of sp³-hybridized carbons (Fsp3) is 0.188. The van der Waals surface area contributed by atoms with Gasteiger partial charge in [-0.05, 0) is 48.4 Å². The van der Waals surface area contributed by atoms with Gasteiger partial charge in [-0.25, -0.2) is 0 Å². The molecule has 0 spiro atoms. The van der Waals surface area contributed by atoms with E-state index < -0.39 is 5.97 Å². The zero-order valence-electron chi connectivity index (χ0n) is 11.5. The Kier molecular flexibility index (Phi) is 5.10. The fourth-order valence-electron chi connectivity index (χ4n) is 2.12. The minimum Gasteiger partial charge on any atom is -0.480 e. The van der Waals surface area contributed by atoms with Gasteiger partial charge in [-0.1, -0.05) is 35.3 Å². The number of aliphatic carboxylic acids is 1. The molecule has 0 radical (unpaired) electrons. The van der Waals surface area contributed by atoms with Gasteiger partial charge in [0.1, 0.15) is 6.54 Å². The van der Waals surface area contributed by atoms with Crippen molar-refractivity contribution >= 4 is 34.9 Å². The summed E-state index contributed by atoms with van der Waals surface area (Å²) in [5.41, 5.74) is 2.83. The summed E-state index contributed by atoms with van der Waals surface area (Å²) in [4.78, 5) is 12.9. The molecule has 0 aliphatic heterocycles. The summed E-state index contributed by atoms with van der Waals surface area (Å²) in [6.07, 6.45) is 0. The number of carboxylic acid groups (broad SMARTS) is 1. The van der Waals surface area contributed by atoms with Crippen molar-refractivity contribution in [2.24, 2.45) is 0 Å². The number of carbonyl (C=O) groups is 1. The molecule has 0 aromatic heterocycles. The first kappa shape index (κ1) is 15.7. The van der Waals surface area contributed by atoms with Crippen LogP contribution in [0.1, 0.15) is 11.1 Å². The minimum atomic E-state index is -0.887. The van der Waals surface area contributed by atoms with Crippen LogP contribution >= 0.6 is 23.2 Å². The van der Waals surface area contributed by atoms with Crippen molar-refractivity contribution in [3.05, 3.63) is 63.6 Å². The molecule has 0 saturated heterocycles. The Balaban J connectivity index is 2.30. The Morgan fingerprint density at radius 2 is 1.86 bits per heavy atom. The number of hydrogen-bond acceptors (Lipinski definition) is 2. The number of aryl methyl sites for hydroxylation is 1. The topological polar surface area (TPSA) is 40.5 Å². The molecule has 0 heterocycles. The lowest BCUT2D eigenvalue weighted by Gasteiger charge is -2.24. The number of rotatable bonds is 5. The Labute approximate surface area is 133 Å². The number of anilines is 1. The van der Waals surface area contributed by atoms with Crippen molar-refractivity contribution in [3.8, 4) is 0 Å². The SMILES string of the molecule is Cc1cc(Cl)ccc1CN(CC(=O)O)c1cccc(Cl)c1. The summed E-state index contributed by atoms with van der Waals surface area (Å²) in [5, 5.41) is 10.4. The summed E-state index contributed by atoms with van der Waals surface area (Å²) < 4.78 is 0. The average molecular weight is 324 g/mol. The molecule has 21 heavy (non-hydrogen) atoms. The van der Waals surface area contributed by atoms with E-state index in [9.17, 15) is 4.79 Å². The summed E-state index contributed by atoms with van der Waals surface area (Å²) in [6, 6.07) is 12.8. The second kappa shape index (κ2) is 6.83. The van der Waals surface area contributed by atoms with E-state index in [0.717, 1.165) is 16.8 Å². The third-order valence-electron chi connectivity index (χ3n) is 3.17. The van der Waals surface area contributed by atoms with Gasteiger partial charge in [-0.3, -0.25) is 4.79 Å². The highest BCUT2D eigenvalue weighted by Gasteiger charge is 2.13. The molecule has 2 aromatic carbocycles. The molecule has 5 heteroatoms. The van der Waals surface area contributed by atoms with Crippen molar-refractivity contribution < 1.29 is 9.90 Å². The van der Waals surface area contributed by atoms with Crippen molar-refractivity contribution in [3.63, 3.8) is 0 Å². The third kappa shape index (κ3) is 4.38. The lowest BCUT2D eigenvalue weighted by molar-refractivity contribution is -0.135. The molecule has 0 amide bonds. The Bertz CT molecular complexity index is 658. The van der Waals surface area contributed by atoms with Crippen LogP contribution in [0.5, 0.6) is 0 Å². The highest BCUT2D eigenvalue weighted by molar-refractivity contribution is 6.31. The molecule has 0 unspecified atom stereocenters. The van der Waals surface area contributed by atoms with E-state index >= 15 is 0 Å². The largest absolute Gasteiger partial charge is 0.480 e. The van der Waals surface area contributed by atoms with Gasteiger partial charge >= 0.3 is 5.97 Å². The van der Waals surface area contributed by atoms with E-state index in [1.54, 1.807) is 29.2 Å². The second-order valence-electron chi connectivity index (χ2n) is 4.80. The van der Waals surface area contributed by atoms with Gasteiger partial charge in [0, 0.05) is 22.3 Å². The first-order chi connectivity index (χ1) is 9.95. The van der Waals surface area contributed by atoms with Crippen LogP contribution in [0.15, 0.2) is 42.5 Å². The molecule has 0 atom stereocenters. The Morgan fingerprint density at radius 3 is 2.48 bits per heavy atom. The van der Waals surface area contributed by atoms with Crippen molar-refractivity contribution in [1.29, 1.82) is 0 Å². The van der Waals surface area contributed by atoms with Crippen LogP contribution < -0.4 is 4.90 Å². The number of halogens is 2. The van der Waals surface area contributed by atoms with Crippen molar-refractivity contribution in [1.82, 2.24) is 0 Å². The molecule has 110 valence electrons. The van der Waals surface area contributed by atoms with Crippen LogP contribution in [0.2, 0.25) is 10.0 Å². The van der Waals surface area contributed by atoms with Crippen LogP contribution in [0, 0.1) is 6.92 Å². The molecule has 3 nitrogen and oxygen atoms in total. The normalized spacial score (nSPS) is 10.4. The quantitative estimate of drug-likeness (QED) is 0.886. The fourth-order valence-corrected chi connectivity index (χ4v) is 2.53. The third-order valence-corrected chi connectivity index (χ3v) is 3.64. The molecule has 0 fully saturated rings. The smallest absolute Gasteiger partial charge is 0.323 e. The lowest BCUT2D eigenvalue weighted by atomic mass is 10.1. The first-order valence-electron chi connectivity index (χ1n) is 6.43. The summed E-state index contributed by atoms with van der Waals surface area (Å²) in [6.45, 7) is 2.34. The number of nitrogens with zero attached hydrogens (tertiary/aromatic N) is 1. The predicted molar refractivity (Wildman–Crippen MR) is 86.3 cm³/mol. The molecule has 2 rings (SSSR count). The number of carboxylic acids is 1. The standard InChI is InChI=1S/C16H15Cl2NO2/c1-11-7-14(18)6-5-12(11)9-19(10-16(20)21)15-4-2-3-13(17)8-15/h2-8H,9-10H2,1H3,(H,20,21). The minimum absolute atomic E-state index is 0.0948. The molecule has 2 aromatic rings. The van der Waals surface area contributed by atoms with Crippen molar-refractivity contribution in [2.75, 3.05) is 11.4 Å². The maximum absolute atomic E-state index is 11.1. The second-order valence-corrected chi connectivity index (χ2v) is 5.67. The van der Waals surface area contributed by atoms with Crippen molar-refractivity contribution in [2.45, 2.75) is 13.5 Å². The molecule has 0 saturated carbocycles. The maximum Gasteiger partial charge on any atom is 0.323 e. The van der Waals surface area contributed by atoms with Crippen LogP contribution in [0.4, 0.5) is 5.69 Å².